The van der Waals surface area contributed by atoms with Crippen molar-refractivity contribution in [3.05, 3.63) is 65.2 Å². The van der Waals surface area contributed by atoms with Crippen molar-refractivity contribution in [3.8, 4) is 0 Å². The van der Waals surface area contributed by atoms with Gasteiger partial charge in [0.25, 0.3) is 0 Å². The Balaban J connectivity index is 1.38. The van der Waals surface area contributed by atoms with Crippen molar-refractivity contribution in [1.29, 1.82) is 0 Å². The molecule has 0 saturated heterocycles. The molecule has 0 aromatic heterocycles. The van der Waals surface area contributed by atoms with Crippen LogP contribution in [-0.2, 0) is 31.6 Å². The fourth-order valence-corrected chi connectivity index (χ4v) is 8.85. The molecule has 4 bridgehead atoms. The molecule has 42 heavy (non-hydrogen) atoms. The molecular formula is C34H47N3O4S. The van der Waals surface area contributed by atoms with E-state index in [1.54, 1.807) is 6.92 Å². The summed E-state index contributed by atoms with van der Waals surface area (Å²) in [7, 11) is -3.77. The van der Waals surface area contributed by atoms with Crippen molar-refractivity contribution in [2.45, 2.75) is 96.7 Å². The molecule has 0 spiro atoms. The standard InChI is InChI=1S/C34H47N3O4S/c1-6-24(3)35-33(39)25(4)36(21-26-9-7-23(2)8-10-26)32(38)22-37(42(5,40)41)31-13-11-30(12-14-31)34-18-27-15-28(19-34)17-29(16-27)20-34/h7-14,24-25,27-29H,6,15-22H2,1-5H3,(H,35,39)/t24-,25+,27?,28?,29?,34?/m0/s1. The molecule has 0 aliphatic heterocycles. The second-order valence-electron chi connectivity index (χ2n) is 13.5. The molecule has 6 rings (SSSR count). The second-order valence-corrected chi connectivity index (χ2v) is 15.4. The lowest BCUT2D eigenvalue weighted by molar-refractivity contribution is -0.139. The molecule has 2 aromatic carbocycles. The van der Waals surface area contributed by atoms with Crippen LogP contribution in [0.4, 0.5) is 5.69 Å². The van der Waals surface area contributed by atoms with Crippen molar-refractivity contribution >= 4 is 27.5 Å². The van der Waals surface area contributed by atoms with Gasteiger partial charge in [-0.1, -0.05) is 48.9 Å². The van der Waals surface area contributed by atoms with Crippen LogP contribution >= 0.6 is 0 Å². The van der Waals surface area contributed by atoms with Crippen LogP contribution in [0.2, 0.25) is 0 Å². The van der Waals surface area contributed by atoms with Gasteiger partial charge in [-0.25, -0.2) is 8.42 Å². The van der Waals surface area contributed by atoms with Crippen molar-refractivity contribution in [3.63, 3.8) is 0 Å². The van der Waals surface area contributed by atoms with E-state index >= 15 is 0 Å². The lowest BCUT2D eigenvalue weighted by atomic mass is 9.48. The van der Waals surface area contributed by atoms with Crippen LogP contribution in [0.25, 0.3) is 0 Å². The molecule has 2 atom stereocenters. The maximum atomic E-state index is 13.9. The van der Waals surface area contributed by atoms with Gasteiger partial charge in [0.05, 0.1) is 11.9 Å². The molecule has 2 aromatic rings. The maximum absolute atomic E-state index is 13.9. The van der Waals surface area contributed by atoms with Gasteiger partial charge in [-0.3, -0.25) is 13.9 Å². The zero-order valence-corrected chi connectivity index (χ0v) is 26.6. The van der Waals surface area contributed by atoms with E-state index in [9.17, 15) is 18.0 Å². The molecule has 8 heteroatoms. The zero-order chi connectivity index (χ0) is 30.2. The minimum Gasteiger partial charge on any atom is -0.352 e. The number of sulfonamides is 1. The first-order valence-electron chi connectivity index (χ1n) is 15.6. The average Bonchev–Trinajstić information content (AvgIpc) is 2.93. The highest BCUT2D eigenvalue weighted by molar-refractivity contribution is 7.92. The molecule has 4 aliphatic rings. The number of aryl methyl sites for hydroxylation is 1. The van der Waals surface area contributed by atoms with Gasteiger partial charge in [-0.05, 0) is 112 Å². The summed E-state index contributed by atoms with van der Waals surface area (Å²) in [4.78, 5) is 28.5. The lowest BCUT2D eigenvalue weighted by Gasteiger charge is -2.57. The Morgan fingerprint density at radius 2 is 1.48 bits per heavy atom. The van der Waals surface area contributed by atoms with Gasteiger partial charge < -0.3 is 10.2 Å². The molecule has 2 amide bonds. The number of hydrogen-bond acceptors (Lipinski definition) is 4. The first-order valence-corrected chi connectivity index (χ1v) is 17.5. The monoisotopic (exact) mass is 593 g/mol. The highest BCUT2D eigenvalue weighted by Gasteiger charge is 2.51. The highest BCUT2D eigenvalue weighted by Crippen LogP contribution is 2.60. The Morgan fingerprint density at radius 3 is 1.98 bits per heavy atom. The number of amides is 2. The van der Waals surface area contributed by atoms with Crippen LogP contribution in [0, 0.1) is 24.7 Å². The number of carbonyl (C=O) groups excluding carboxylic acids is 2. The van der Waals surface area contributed by atoms with E-state index in [1.807, 2.05) is 57.2 Å². The fourth-order valence-electron chi connectivity index (χ4n) is 8.00. The predicted molar refractivity (Wildman–Crippen MR) is 168 cm³/mol. The largest absolute Gasteiger partial charge is 0.352 e. The molecule has 1 N–H and O–H groups in total. The molecule has 4 saturated carbocycles. The SMILES string of the molecule is CC[C@H](C)NC(=O)[C@@H](C)N(Cc1ccc(C)cc1)C(=O)CN(c1ccc(C23CC4CC(CC(C4)C2)C3)cc1)S(C)(=O)=O. The van der Waals surface area contributed by atoms with Gasteiger partial charge in [0.1, 0.15) is 12.6 Å². The molecule has 228 valence electrons. The second kappa shape index (κ2) is 12.0. The van der Waals surface area contributed by atoms with E-state index in [0.717, 1.165) is 41.6 Å². The van der Waals surface area contributed by atoms with E-state index in [0.29, 0.717) is 5.69 Å². The first kappa shape index (κ1) is 30.6. The van der Waals surface area contributed by atoms with Crippen LogP contribution < -0.4 is 9.62 Å². The Labute approximate surface area is 252 Å². The quantitative estimate of drug-likeness (QED) is 0.370. The number of hydrogen-bond donors (Lipinski definition) is 1. The van der Waals surface area contributed by atoms with Gasteiger partial charge in [-0.2, -0.15) is 0 Å². The predicted octanol–water partition coefficient (Wildman–Crippen LogP) is 5.56. The van der Waals surface area contributed by atoms with E-state index in [4.69, 9.17) is 0 Å². The number of benzene rings is 2. The molecule has 4 fully saturated rings. The Hall–Kier alpha value is -2.87. The summed E-state index contributed by atoms with van der Waals surface area (Å²) >= 11 is 0. The van der Waals surface area contributed by atoms with Crippen molar-refractivity contribution in [2.75, 3.05) is 17.1 Å². The lowest BCUT2D eigenvalue weighted by Crippen LogP contribution is -2.52. The molecule has 0 unspecified atom stereocenters. The molecule has 4 aliphatic carbocycles. The molecular weight excluding hydrogens is 546 g/mol. The third kappa shape index (κ3) is 6.53. The summed E-state index contributed by atoms with van der Waals surface area (Å²) in [6.45, 7) is 7.44. The van der Waals surface area contributed by atoms with Crippen molar-refractivity contribution in [2.24, 2.45) is 17.8 Å². The van der Waals surface area contributed by atoms with Crippen LogP contribution in [0.1, 0.15) is 82.4 Å². The highest BCUT2D eigenvalue weighted by atomic mass is 32.2. The number of rotatable bonds is 11. The Kier molecular flexibility index (Phi) is 8.75. The topological polar surface area (TPSA) is 86.8 Å². The zero-order valence-electron chi connectivity index (χ0n) is 25.8. The van der Waals surface area contributed by atoms with Gasteiger partial charge in [0.2, 0.25) is 21.8 Å². The van der Waals surface area contributed by atoms with Gasteiger partial charge in [-0.15, -0.1) is 0 Å². The van der Waals surface area contributed by atoms with Crippen LogP contribution in [-0.4, -0.2) is 50.0 Å². The van der Waals surface area contributed by atoms with Crippen molar-refractivity contribution < 1.29 is 18.0 Å². The third-order valence-electron chi connectivity index (χ3n) is 10.1. The van der Waals surface area contributed by atoms with Crippen LogP contribution in [0.5, 0.6) is 0 Å². The Morgan fingerprint density at radius 1 is 0.929 bits per heavy atom. The Bertz CT molecular complexity index is 1350. The van der Waals surface area contributed by atoms with Gasteiger partial charge >= 0.3 is 0 Å². The van der Waals surface area contributed by atoms with E-state index < -0.39 is 22.0 Å². The number of carbonyl (C=O) groups is 2. The number of anilines is 1. The summed E-state index contributed by atoms with van der Waals surface area (Å²) in [5, 5.41) is 2.97. The first-order chi connectivity index (χ1) is 19.9. The van der Waals surface area contributed by atoms with Crippen LogP contribution in [0.15, 0.2) is 48.5 Å². The van der Waals surface area contributed by atoms with Crippen molar-refractivity contribution in [1.82, 2.24) is 10.2 Å². The maximum Gasteiger partial charge on any atom is 0.244 e. The minimum atomic E-state index is -3.77. The summed E-state index contributed by atoms with van der Waals surface area (Å²) in [5.74, 6) is 1.79. The smallest absolute Gasteiger partial charge is 0.244 e. The summed E-state index contributed by atoms with van der Waals surface area (Å²) < 4.78 is 27.3. The third-order valence-corrected chi connectivity index (χ3v) is 11.3. The normalized spacial score (nSPS) is 26.0. The number of nitrogens with zero attached hydrogens (tertiary/aromatic N) is 2. The van der Waals surface area contributed by atoms with E-state index in [2.05, 4.69) is 17.4 Å². The fraction of sp³-hybridized carbons (Fsp3) is 0.588. The summed E-state index contributed by atoms with van der Waals surface area (Å²) in [6, 6.07) is 14.9. The number of nitrogens with one attached hydrogen (secondary N) is 1. The summed E-state index contributed by atoms with van der Waals surface area (Å²) in [5.41, 5.74) is 3.97. The van der Waals surface area contributed by atoms with E-state index in [-0.39, 0.29) is 30.5 Å². The molecule has 0 radical (unpaired) electrons. The average molecular weight is 594 g/mol. The molecule has 7 nitrogen and oxygen atoms in total. The van der Waals surface area contributed by atoms with E-state index in [1.165, 1.54) is 53.3 Å². The van der Waals surface area contributed by atoms with Gasteiger partial charge in [0.15, 0.2) is 0 Å². The summed E-state index contributed by atoms with van der Waals surface area (Å²) in [6.07, 6.45) is 9.71. The minimum absolute atomic E-state index is 0.0312. The molecule has 0 heterocycles. The van der Waals surface area contributed by atoms with Gasteiger partial charge in [0, 0.05) is 12.6 Å². The van der Waals surface area contributed by atoms with Crippen LogP contribution in [0.3, 0.4) is 0 Å².